The topological polar surface area (TPSA) is 52.8 Å². The summed E-state index contributed by atoms with van der Waals surface area (Å²) in [4.78, 5) is 6.84. The summed E-state index contributed by atoms with van der Waals surface area (Å²) in [6.07, 6.45) is 2.52. The van der Waals surface area contributed by atoms with Gasteiger partial charge in [-0.3, -0.25) is 9.89 Å². The van der Waals surface area contributed by atoms with Crippen LogP contribution in [-0.2, 0) is 6.54 Å². The van der Waals surface area contributed by atoms with Crippen LogP contribution in [0.25, 0.3) is 0 Å². The van der Waals surface area contributed by atoms with Crippen LogP contribution in [0.5, 0.6) is 0 Å². The van der Waals surface area contributed by atoms with Crippen molar-refractivity contribution < 1.29 is 4.42 Å². The molecule has 1 aromatic carbocycles. The molecule has 5 nitrogen and oxygen atoms in total. The SMILES string of the molecule is CN=C(NCc1ccccc1)NCC(c1ccc(C)o1)N1CCCC1. The number of guanidine groups is 1. The Morgan fingerprint density at radius 2 is 1.88 bits per heavy atom. The van der Waals surface area contributed by atoms with E-state index in [0.717, 1.165) is 43.7 Å². The van der Waals surface area contributed by atoms with Crippen LogP contribution in [0.3, 0.4) is 0 Å². The van der Waals surface area contributed by atoms with Crippen molar-refractivity contribution in [2.75, 3.05) is 26.7 Å². The van der Waals surface area contributed by atoms with Gasteiger partial charge in [0.05, 0.1) is 6.04 Å². The van der Waals surface area contributed by atoms with Gasteiger partial charge in [-0.25, -0.2) is 0 Å². The molecule has 1 aliphatic heterocycles. The highest BCUT2D eigenvalue weighted by Gasteiger charge is 2.26. The van der Waals surface area contributed by atoms with Gasteiger partial charge in [0, 0.05) is 20.1 Å². The number of aliphatic imine (C=N–C) groups is 1. The summed E-state index contributed by atoms with van der Waals surface area (Å²) in [7, 11) is 1.81. The van der Waals surface area contributed by atoms with E-state index >= 15 is 0 Å². The number of hydrogen-bond acceptors (Lipinski definition) is 3. The summed E-state index contributed by atoms with van der Waals surface area (Å²) in [6, 6.07) is 14.7. The van der Waals surface area contributed by atoms with E-state index in [-0.39, 0.29) is 6.04 Å². The molecule has 2 heterocycles. The molecule has 3 rings (SSSR count). The van der Waals surface area contributed by atoms with E-state index in [2.05, 4.69) is 50.9 Å². The van der Waals surface area contributed by atoms with Crippen LogP contribution in [0.15, 0.2) is 51.9 Å². The first kappa shape index (κ1) is 17.5. The van der Waals surface area contributed by atoms with Crippen molar-refractivity contribution in [3.63, 3.8) is 0 Å². The maximum Gasteiger partial charge on any atom is 0.191 e. The van der Waals surface area contributed by atoms with Gasteiger partial charge in [-0.2, -0.15) is 0 Å². The van der Waals surface area contributed by atoms with Crippen molar-refractivity contribution in [2.45, 2.75) is 32.4 Å². The molecule has 1 aliphatic rings. The molecule has 0 saturated carbocycles. The molecule has 5 heteroatoms. The zero-order valence-electron chi connectivity index (χ0n) is 15.2. The molecule has 1 saturated heterocycles. The van der Waals surface area contributed by atoms with Crippen LogP contribution in [0.4, 0.5) is 0 Å². The van der Waals surface area contributed by atoms with Gasteiger partial charge >= 0.3 is 0 Å². The number of rotatable bonds is 6. The summed E-state index contributed by atoms with van der Waals surface area (Å²) >= 11 is 0. The highest BCUT2D eigenvalue weighted by molar-refractivity contribution is 5.79. The molecule has 0 aliphatic carbocycles. The molecule has 0 spiro atoms. The number of hydrogen-bond donors (Lipinski definition) is 2. The fourth-order valence-electron chi connectivity index (χ4n) is 3.29. The largest absolute Gasteiger partial charge is 0.465 e. The quantitative estimate of drug-likeness (QED) is 0.627. The lowest BCUT2D eigenvalue weighted by Crippen LogP contribution is -2.42. The van der Waals surface area contributed by atoms with E-state index < -0.39 is 0 Å². The zero-order valence-corrected chi connectivity index (χ0v) is 15.2. The maximum absolute atomic E-state index is 5.91. The van der Waals surface area contributed by atoms with Crippen molar-refractivity contribution in [3.8, 4) is 0 Å². The Morgan fingerprint density at radius 3 is 2.52 bits per heavy atom. The van der Waals surface area contributed by atoms with Gasteiger partial charge in [-0.15, -0.1) is 0 Å². The van der Waals surface area contributed by atoms with Gasteiger partial charge in [0.15, 0.2) is 5.96 Å². The summed E-state index contributed by atoms with van der Waals surface area (Å²) in [5, 5.41) is 6.84. The molecule has 2 N–H and O–H groups in total. The second-order valence-corrected chi connectivity index (χ2v) is 6.50. The lowest BCUT2D eigenvalue weighted by molar-refractivity contribution is 0.213. The Kier molecular flexibility index (Phi) is 6.12. The van der Waals surface area contributed by atoms with E-state index in [9.17, 15) is 0 Å². The molecule has 1 unspecified atom stereocenters. The van der Waals surface area contributed by atoms with E-state index in [4.69, 9.17) is 4.42 Å². The molecule has 1 aromatic heterocycles. The van der Waals surface area contributed by atoms with Crippen LogP contribution >= 0.6 is 0 Å². The Morgan fingerprint density at radius 1 is 1.12 bits per heavy atom. The van der Waals surface area contributed by atoms with Crippen LogP contribution < -0.4 is 10.6 Å². The normalized spacial score (nSPS) is 16.8. The first-order valence-electron chi connectivity index (χ1n) is 9.05. The molecule has 2 aromatic rings. The summed E-state index contributed by atoms with van der Waals surface area (Å²) in [6.45, 7) is 5.79. The Labute approximate surface area is 150 Å². The number of nitrogens with one attached hydrogen (secondary N) is 2. The minimum Gasteiger partial charge on any atom is -0.465 e. The van der Waals surface area contributed by atoms with E-state index in [1.807, 2.05) is 26.1 Å². The highest BCUT2D eigenvalue weighted by Crippen LogP contribution is 2.26. The fraction of sp³-hybridized carbons (Fsp3) is 0.450. The van der Waals surface area contributed by atoms with Gasteiger partial charge in [-0.05, 0) is 50.6 Å². The number of likely N-dealkylation sites (tertiary alicyclic amines) is 1. The number of benzene rings is 1. The van der Waals surface area contributed by atoms with E-state index in [0.29, 0.717) is 0 Å². The Bertz CT molecular complexity index is 674. The van der Waals surface area contributed by atoms with Gasteiger partial charge in [0.1, 0.15) is 11.5 Å². The zero-order chi connectivity index (χ0) is 17.5. The average molecular weight is 340 g/mol. The standard InChI is InChI=1S/C20H28N4O/c1-16-10-11-19(25-16)18(24-12-6-7-13-24)15-23-20(21-2)22-14-17-8-4-3-5-9-17/h3-5,8-11,18H,6-7,12-15H2,1-2H3,(H2,21,22,23). The van der Waals surface area contributed by atoms with Crippen LogP contribution in [0, 0.1) is 6.92 Å². The van der Waals surface area contributed by atoms with Crippen molar-refractivity contribution in [1.82, 2.24) is 15.5 Å². The molecular weight excluding hydrogens is 312 g/mol. The second kappa shape index (κ2) is 8.72. The lowest BCUT2D eigenvalue weighted by atomic mass is 10.2. The van der Waals surface area contributed by atoms with Gasteiger partial charge < -0.3 is 15.1 Å². The van der Waals surface area contributed by atoms with Gasteiger partial charge in [-0.1, -0.05) is 30.3 Å². The molecule has 25 heavy (non-hydrogen) atoms. The smallest absolute Gasteiger partial charge is 0.191 e. The van der Waals surface area contributed by atoms with Crippen molar-refractivity contribution >= 4 is 5.96 Å². The molecule has 1 fully saturated rings. The first-order chi connectivity index (χ1) is 12.3. The third-order valence-electron chi connectivity index (χ3n) is 4.66. The fourth-order valence-corrected chi connectivity index (χ4v) is 3.29. The second-order valence-electron chi connectivity index (χ2n) is 6.50. The van der Waals surface area contributed by atoms with Gasteiger partial charge in [0.25, 0.3) is 0 Å². The van der Waals surface area contributed by atoms with E-state index in [1.165, 1.54) is 18.4 Å². The molecule has 0 bridgehead atoms. The Hall–Kier alpha value is -2.27. The minimum absolute atomic E-state index is 0.242. The molecule has 0 amide bonds. The van der Waals surface area contributed by atoms with Crippen LogP contribution in [-0.4, -0.2) is 37.5 Å². The van der Waals surface area contributed by atoms with Crippen molar-refractivity contribution in [3.05, 3.63) is 59.5 Å². The minimum atomic E-state index is 0.242. The molecule has 0 radical (unpaired) electrons. The third kappa shape index (κ3) is 4.86. The van der Waals surface area contributed by atoms with Crippen LogP contribution in [0.1, 0.15) is 36.0 Å². The summed E-state index contributed by atoms with van der Waals surface area (Å²) in [5.41, 5.74) is 1.24. The predicted octanol–water partition coefficient (Wildman–Crippen LogP) is 3.09. The number of furan rings is 1. The van der Waals surface area contributed by atoms with Gasteiger partial charge in [0.2, 0.25) is 0 Å². The van der Waals surface area contributed by atoms with E-state index in [1.54, 1.807) is 0 Å². The van der Waals surface area contributed by atoms with Crippen LogP contribution in [0.2, 0.25) is 0 Å². The first-order valence-corrected chi connectivity index (χ1v) is 9.05. The van der Waals surface area contributed by atoms with Crippen molar-refractivity contribution in [2.24, 2.45) is 4.99 Å². The highest BCUT2D eigenvalue weighted by atomic mass is 16.3. The average Bonchev–Trinajstić information content (AvgIpc) is 3.31. The Balaban J connectivity index is 1.59. The third-order valence-corrected chi connectivity index (χ3v) is 4.66. The maximum atomic E-state index is 5.91. The lowest BCUT2D eigenvalue weighted by Gasteiger charge is -2.26. The monoisotopic (exact) mass is 340 g/mol. The molecular formula is C20H28N4O. The number of aryl methyl sites for hydroxylation is 1. The predicted molar refractivity (Wildman–Crippen MR) is 102 cm³/mol. The summed E-state index contributed by atoms with van der Waals surface area (Å²) < 4.78 is 5.91. The summed E-state index contributed by atoms with van der Waals surface area (Å²) in [5.74, 6) is 2.81. The molecule has 134 valence electrons. The number of nitrogens with zero attached hydrogens (tertiary/aromatic N) is 2. The van der Waals surface area contributed by atoms with Crippen molar-refractivity contribution in [1.29, 1.82) is 0 Å². The molecule has 1 atom stereocenters.